The highest BCUT2D eigenvalue weighted by Gasteiger charge is 2.42. The predicted molar refractivity (Wildman–Crippen MR) is 131 cm³/mol. The lowest BCUT2D eigenvalue weighted by Gasteiger charge is -2.11. The van der Waals surface area contributed by atoms with Crippen molar-refractivity contribution in [2.45, 2.75) is 17.7 Å². The summed E-state index contributed by atoms with van der Waals surface area (Å²) in [5.74, 6) is 0.0417. The molecule has 2 atom stereocenters. The van der Waals surface area contributed by atoms with Gasteiger partial charge in [0.05, 0.1) is 28.3 Å². The van der Waals surface area contributed by atoms with Crippen molar-refractivity contribution in [2.75, 3.05) is 23.4 Å². The molecule has 1 saturated heterocycles. The molecule has 7 nitrogen and oxygen atoms in total. The number of fused-ring (bicyclic) bond motifs is 2. The van der Waals surface area contributed by atoms with E-state index in [1.165, 1.54) is 11.8 Å². The molecule has 166 valence electrons. The summed E-state index contributed by atoms with van der Waals surface area (Å²) in [7, 11) is -3.00. The van der Waals surface area contributed by atoms with Gasteiger partial charge in [0.25, 0.3) is 5.91 Å². The van der Waals surface area contributed by atoms with Crippen LogP contribution >= 0.6 is 23.4 Å². The number of carbonyl (C=O) groups excluding carboxylic acids is 1. The maximum atomic E-state index is 12.7. The van der Waals surface area contributed by atoms with Gasteiger partial charge in [-0.3, -0.25) is 9.79 Å². The van der Waals surface area contributed by atoms with Crippen molar-refractivity contribution in [3.8, 4) is 0 Å². The van der Waals surface area contributed by atoms with Crippen LogP contribution in [-0.4, -0.2) is 53.8 Å². The molecule has 32 heavy (non-hydrogen) atoms. The number of sulfone groups is 1. The summed E-state index contributed by atoms with van der Waals surface area (Å²) in [5, 5.41) is 8.32. The zero-order valence-electron chi connectivity index (χ0n) is 17.0. The van der Waals surface area contributed by atoms with Crippen molar-refractivity contribution in [2.24, 2.45) is 4.99 Å². The summed E-state index contributed by atoms with van der Waals surface area (Å²) in [5.41, 5.74) is 3.30. The van der Waals surface area contributed by atoms with E-state index in [2.05, 4.69) is 26.7 Å². The molecule has 1 fully saturated rings. The van der Waals surface area contributed by atoms with Gasteiger partial charge in [-0.25, -0.2) is 8.42 Å². The first-order valence-electron chi connectivity index (χ1n) is 10.2. The third-order valence-electron chi connectivity index (χ3n) is 5.64. The number of H-pyrrole nitrogens is 1. The van der Waals surface area contributed by atoms with E-state index in [0.717, 1.165) is 16.5 Å². The smallest absolute Gasteiger partial charge is 0.251 e. The Bertz CT molecular complexity index is 1340. The van der Waals surface area contributed by atoms with E-state index in [1.54, 1.807) is 18.2 Å². The first-order chi connectivity index (χ1) is 15.4. The molecule has 3 aromatic rings. The van der Waals surface area contributed by atoms with Gasteiger partial charge in [0.1, 0.15) is 0 Å². The molecule has 2 aliphatic heterocycles. The lowest BCUT2D eigenvalue weighted by molar-refractivity contribution is 0.0954. The van der Waals surface area contributed by atoms with Crippen LogP contribution in [-0.2, 0) is 16.3 Å². The number of amides is 1. The number of aliphatic imine (C=N–C) groups is 1. The molecule has 3 N–H and O–H groups in total. The molecule has 0 aliphatic carbocycles. The number of halogens is 1. The molecular formula is C22H21ClN4O3S2. The van der Waals surface area contributed by atoms with Crippen LogP contribution in [0.1, 0.15) is 15.9 Å². The quantitative estimate of drug-likeness (QED) is 0.510. The van der Waals surface area contributed by atoms with Gasteiger partial charge >= 0.3 is 0 Å². The number of aromatic nitrogens is 1. The highest BCUT2D eigenvalue weighted by molar-refractivity contribution is 8.15. The first kappa shape index (κ1) is 21.4. The maximum absolute atomic E-state index is 12.7. The Morgan fingerprint density at radius 1 is 1.22 bits per heavy atom. The minimum Gasteiger partial charge on any atom is -0.361 e. The van der Waals surface area contributed by atoms with Crippen LogP contribution in [0.15, 0.2) is 53.7 Å². The summed E-state index contributed by atoms with van der Waals surface area (Å²) >= 11 is 7.73. The van der Waals surface area contributed by atoms with Gasteiger partial charge < -0.3 is 15.6 Å². The SMILES string of the molecule is O=C(NCCc1c[nH]c2ccccc12)c1ccc(Cl)c(NC2=N[C@H]3CS(=O)(=O)C[C@@H]3S2)c1. The normalized spacial score (nSPS) is 21.3. The van der Waals surface area contributed by atoms with Gasteiger partial charge in [-0.05, 0) is 36.2 Å². The molecule has 0 saturated carbocycles. The van der Waals surface area contributed by atoms with Gasteiger partial charge in [-0.1, -0.05) is 41.6 Å². The Morgan fingerprint density at radius 3 is 2.91 bits per heavy atom. The standard InChI is InChI=1S/C22H21ClN4O3S2/c23-16-6-5-13(9-18(16)26-22-27-19-11-32(29,30)12-20(19)31-22)21(28)24-8-7-14-10-25-17-4-2-1-3-15(14)17/h1-6,9-10,19-20,25H,7-8,11-12H2,(H,24,28)(H,26,27)/t19-,20-/m0/s1. The molecule has 0 unspecified atom stereocenters. The number of anilines is 1. The third-order valence-corrected chi connectivity index (χ3v) is 9.11. The molecule has 0 bridgehead atoms. The van der Waals surface area contributed by atoms with Crippen LogP contribution in [0, 0.1) is 0 Å². The second-order valence-corrected chi connectivity index (χ2v) is 11.7. The number of benzene rings is 2. The van der Waals surface area contributed by atoms with Crippen molar-refractivity contribution >= 4 is 60.9 Å². The van der Waals surface area contributed by atoms with Crippen LogP contribution in [0.25, 0.3) is 10.9 Å². The number of amidine groups is 1. The number of rotatable bonds is 5. The molecule has 10 heteroatoms. The fourth-order valence-corrected chi connectivity index (χ4v) is 7.88. The van der Waals surface area contributed by atoms with E-state index >= 15 is 0 Å². The molecule has 1 amide bonds. The minimum atomic E-state index is -3.00. The molecule has 0 radical (unpaired) electrons. The number of nitrogens with zero attached hydrogens (tertiary/aromatic N) is 1. The minimum absolute atomic E-state index is 0.0581. The van der Waals surface area contributed by atoms with Crippen molar-refractivity contribution in [1.82, 2.24) is 10.3 Å². The highest BCUT2D eigenvalue weighted by atomic mass is 35.5. The Labute approximate surface area is 194 Å². The number of hydrogen-bond donors (Lipinski definition) is 3. The zero-order chi connectivity index (χ0) is 22.3. The van der Waals surface area contributed by atoms with E-state index in [-0.39, 0.29) is 28.7 Å². The van der Waals surface area contributed by atoms with Gasteiger partial charge in [-0.15, -0.1) is 0 Å². The Kier molecular flexibility index (Phi) is 5.65. The molecule has 0 spiro atoms. The molecule has 2 aromatic carbocycles. The summed E-state index contributed by atoms with van der Waals surface area (Å²) in [6.07, 6.45) is 2.69. The molecular weight excluding hydrogens is 468 g/mol. The Balaban J connectivity index is 1.22. The molecule has 5 rings (SSSR count). The van der Waals surface area contributed by atoms with Crippen molar-refractivity contribution in [3.63, 3.8) is 0 Å². The second-order valence-electron chi connectivity index (χ2n) is 7.92. The largest absolute Gasteiger partial charge is 0.361 e. The number of carbonyl (C=O) groups is 1. The zero-order valence-corrected chi connectivity index (χ0v) is 19.4. The van der Waals surface area contributed by atoms with Crippen LogP contribution in [0.2, 0.25) is 5.02 Å². The lowest BCUT2D eigenvalue weighted by Crippen LogP contribution is -2.25. The molecule has 3 heterocycles. The average Bonchev–Trinajstić information content (AvgIpc) is 3.40. The monoisotopic (exact) mass is 488 g/mol. The van der Waals surface area contributed by atoms with Gasteiger partial charge in [0, 0.05) is 34.5 Å². The van der Waals surface area contributed by atoms with Gasteiger partial charge in [-0.2, -0.15) is 0 Å². The molecule has 2 aliphatic rings. The van der Waals surface area contributed by atoms with Crippen LogP contribution in [0.5, 0.6) is 0 Å². The predicted octanol–water partition coefficient (Wildman–Crippen LogP) is 3.47. The van der Waals surface area contributed by atoms with Crippen molar-refractivity contribution in [1.29, 1.82) is 0 Å². The number of hydrogen-bond acceptors (Lipinski definition) is 6. The van der Waals surface area contributed by atoms with Crippen LogP contribution < -0.4 is 10.6 Å². The number of nitrogens with one attached hydrogen (secondary N) is 3. The number of aromatic amines is 1. The van der Waals surface area contributed by atoms with E-state index in [0.29, 0.717) is 34.4 Å². The average molecular weight is 489 g/mol. The van der Waals surface area contributed by atoms with E-state index in [1.807, 2.05) is 24.4 Å². The topological polar surface area (TPSA) is 103 Å². The third kappa shape index (κ3) is 4.37. The van der Waals surface area contributed by atoms with Crippen LogP contribution in [0.3, 0.4) is 0 Å². The highest BCUT2D eigenvalue weighted by Crippen LogP contribution is 2.35. The maximum Gasteiger partial charge on any atom is 0.251 e. The Morgan fingerprint density at radius 2 is 2.06 bits per heavy atom. The van der Waals surface area contributed by atoms with E-state index in [9.17, 15) is 13.2 Å². The fourth-order valence-electron chi connectivity index (χ4n) is 4.04. The molecule has 1 aromatic heterocycles. The number of thioether (sulfide) groups is 1. The number of para-hydroxylation sites is 1. The van der Waals surface area contributed by atoms with E-state index in [4.69, 9.17) is 11.6 Å². The van der Waals surface area contributed by atoms with Crippen LogP contribution in [0.4, 0.5) is 5.69 Å². The Hall–Kier alpha value is -2.49. The second kappa shape index (κ2) is 8.46. The van der Waals surface area contributed by atoms with Gasteiger partial charge in [0.15, 0.2) is 15.0 Å². The lowest BCUT2D eigenvalue weighted by atomic mass is 10.1. The van der Waals surface area contributed by atoms with Crippen molar-refractivity contribution in [3.05, 3.63) is 64.8 Å². The van der Waals surface area contributed by atoms with Gasteiger partial charge in [0.2, 0.25) is 0 Å². The summed E-state index contributed by atoms with van der Waals surface area (Å²) in [6, 6.07) is 12.9. The first-order valence-corrected chi connectivity index (χ1v) is 13.3. The fraction of sp³-hybridized carbons (Fsp3) is 0.273. The van der Waals surface area contributed by atoms with Crippen molar-refractivity contribution < 1.29 is 13.2 Å². The van der Waals surface area contributed by atoms with E-state index < -0.39 is 9.84 Å². The summed E-state index contributed by atoms with van der Waals surface area (Å²) in [4.78, 5) is 20.4. The summed E-state index contributed by atoms with van der Waals surface area (Å²) in [6.45, 7) is 0.506. The summed E-state index contributed by atoms with van der Waals surface area (Å²) < 4.78 is 23.5.